The molecule has 86 valence electrons. The molecule has 0 amide bonds. The Morgan fingerprint density at radius 2 is 1.82 bits per heavy atom. The zero-order valence-corrected chi connectivity index (χ0v) is 10.6. The number of rotatable bonds is 1. The van der Waals surface area contributed by atoms with E-state index in [4.69, 9.17) is 9.47 Å². The second kappa shape index (κ2) is 3.78. The number of ether oxygens (including phenoxy) is 2. The molecule has 0 N–H and O–H groups in total. The fourth-order valence-electron chi connectivity index (χ4n) is 2.22. The van der Waals surface area contributed by atoms with E-state index in [-0.39, 0.29) is 6.29 Å². The molecule has 0 spiro atoms. The largest absolute Gasteiger partial charge is 0.345 e. The Balaban J connectivity index is 1.95. The molecule has 3 heterocycles. The molecular formula is C13H10O2S2. The third-order valence-electron chi connectivity index (χ3n) is 3.01. The van der Waals surface area contributed by atoms with Crippen LogP contribution in [0, 0.1) is 0 Å². The first-order valence-corrected chi connectivity index (χ1v) is 7.24. The highest BCUT2D eigenvalue weighted by atomic mass is 32.1. The van der Waals surface area contributed by atoms with Crippen molar-refractivity contribution in [2.75, 3.05) is 13.2 Å². The van der Waals surface area contributed by atoms with Crippen LogP contribution in [0.15, 0.2) is 29.6 Å². The topological polar surface area (TPSA) is 18.5 Å². The first-order chi connectivity index (χ1) is 8.42. The van der Waals surface area contributed by atoms with Gasteiger partial charge in [0.25, 0.3) is 0 Å². The fourth-order valence-corrected chi connectivity index (χ4v) is 4.10. The zero-order valence-electron chi connectivity index (χ0n) is 9.01. The lowest BCUT2D eigenvalue weighted by Gasteiger charge is -2.03. The number of hydrogen-bond acceptors (Lipinski definition) is 4. The van der Waals surface area contributed by atoms with Gasteiger partial charge in [-0.1, -0.05) is 0 Å². The summed E-state index contributed by atoms with van der Waals surface area (Å²) in [5.74, 6) is 0. The monoisotopic (exact) mass is 262 g/mol. The maximum Gasteiger partial charge on any atom is 0.193 e. The quantitative estimate of drug-likeness (QED) is 0.655. The molecule has 4 rings (SSSR count). The minimum atomic E-state index is -0.152. The van der Waals surface area contributed by atoms with E-state index < -0.39 is 0 Å². The second-order valence-electron chi connectivity index (χ2n) is 4.03. The van der Waals surface area contributed by atoms with E-state index in [2.05, 4.69) is 29.6 Å². The molecule has 0 radical (unpaired) electrons. The molecule has 1 saturated heterocycles. The van der Waals surface area contributed by atoms with Crippen LogP contribution >= 0.6 is 22.7 Å². The SMILES string of the molecule is c1cc2c(ccc3sc(C4OCCO4)cc32)s1. The van der Waals surface area contributed by atoms with Crippen molar-refractivity contribution in [3.8, 4) is 0 Å². The highest BCUT2D eigenvalue weighted by Gasteiger charge is 2.21. The van der Waals surface area contributed by atoms with Crippen molar-refractivity contribution < 1.29 is 9.47 Å². The second-order valence-corrected chi connectivity index (χ2v) is 6.10. The standard InChI is InChI=1S/C13H10O2S2/c1-2-11-9(8-3-6-16-10(1)8)7-12(17-11)13-14-4-5-15-13/h1-3,6-7,13H,4-5H2. The number of benzene rings is 1. The van der Waals surface area contributed by atoms with Crippen molar-refractivity contribution in [2.45, 2.75) is 6.29 Å². The first-order valence-electron chi connectivity index (χ1n) is 5.55. The molecule has 0 atom stereocenters. The summed E-state index contributed by atoms with van der Waals surface area (Å²) in [6.45, 7) is 1.40. The van der Waals surface area contributed by atoms with Gasteiger partial charge in [-0.25, -0.2) is 0 Å². The van der Waals surface area contributed by atoms with Crippen LogP contribution in [0.25, 0.3) is 20.2 Å². The van der Waals surface area contributed by atoms with Gasteiger partial charge in [0, 0.05) is 20.2 Å². The van der Waals surface area contributed by atoms with Gasteiger partial charge in [-0.15, -0.1) is 22.7 Å². The smallest absolute Gasteiger partial charge is 0.193 e. The number of thiophene rings is 2. The van der Waals surface area contributed by atoms with E-state index in [1.807, 2.05) is 0 Å². The van der Waals surface area contributed by atoms with Crippen molar-refractivity contribution in [3.63, 3.8) is 0 Å². The first kappa shape index (κ1) is 10.0. The summed E-state index contributed by atoms with van der Waals surface area (Å²) >= 11 is 3.55. The molecular weight excluding hydrogens is 252 g/mol. The molecule has 17 heavy (non-hydrogen) atoms. The van der Waals surface area contributed by atoms with Crippen molar-refractivity contribution in [1.29, 1.82) is 0 Å². The van der Waals surface area contributed by atoms with Crippen molar-refractivity contribution >= 4 is 42.8 Å². The minimum absolute atomic E-state index is 0.152. The molecule has 0 unspecified atom stereocenters. The molecule has 1 aromatic carbocycles. The Bertz CT molecular complexity index is 677. The Morgan fingerprint density at radius 3 is 2.71 bits per heavy atom. The van der Waals surface area contributed by atoms with Crippen molar-refractivity contribution in [3.05, 3.63) is 34.5 Å². The highest BCUT2D eigenvalue weighted by Crippen LogP contribution is 2.38. The van der Waals surface area contributed by atoms with Gasteiger partial charge in [0.15, 0.2) is 6.29 Å². The van der Waals surface area contributed by atoms with E-state index in [0.29, 0.717) is 13.2 Å². The summed E-state index contributed by atoms with van der Waals surface area (Å²) in [6.07, 6.45) is -0.152. The summed E-state index contributed by atoms with van der Waals surface area (Å²) < 4.78 is 13.8. The lowest BCUT2D eigenvalue weighted by molar-refractivity contribution is -0.0412. The summed E-state index contributed by atoms with van der Waals surface area (Å²) in [5, 5.41) is 4.81. The average Bonchev–Trinajstić information content (AvgIpc) is 3.08. The lowest BCUT2D eigenvalue weighted by atomic mass is 10.2. The Labute approximate surface area is 106 Å². The van der Waals surface area contributed by atoms with Gasteiger partial charge in [-0.05, 0) is 29.6 Å². The van der Waals surface area contributed by atoms with E-state index in [0.717, 1.165) is 0 Å². The highest BCUT2D eigenvalue weighted by molar-refractivity contribution is 7.20. The molecule has 4 heteroatoms. The predicted molar refractivity (Wildman–Crippen MR) is 71.9 cm³/mol. The summed E-state index contributed by atoms with van der Waals surface area (Å²) in [4.78, 5) is 1.18. The van der Waals surface area contributed by atoms with Gasteiger partial charge < -0.3 is 9.47 Å². The molecule has 0 aliphatic carbocycles. The molecule has 3 aromatic rings. The molecule has 1 fully saturated rings. The maximum atomic E-state index is 5.55. The van der Waals surface area contributed by atoms with Crippen LogP contribution in [0.3, 0.4) is 0 Å². The molecule has 0 bridgehead atoms. The minimum Gasteiger partial charge on any atom is -0.345 e. The normalized spacial score (nSPS) is 17.4. The van der Waals surface area contributed by atoms with Gasteiger partial charge in [0.1, 0.15) is 0 Å². The van der Waals surface area contributed by atoms with Crippen LogP contribution in [-0.2, 0) is 9.47 Å². The maximum absolute atomic E-state index is 5.55. The van der Waals surface area contributed by atoms with Crippen molar-refractivity contribution in [1.82, 2.24) is 0 Å². The molecule has 1 aliphatic heterocycles. The number of fused-ring (bicyclic) bond motifs is 3. The molecule has 0 saturated carbocycles. The van der Waals surface area contributed by atoms with Crippen LogP contribution in [-0.4, -0.2) is 13.2 Å². The zero-order chi connectivity index (χ0) is 11.2. The fraction of sp³-hybridized carbons (Fsp3) is 0.231. The third-order valence-corrected chi connectivity index (χ3v) is 5.01. The summed E-state index contributed by atoms with van der Waals surface area (Å²) in [5.41, 5.74) is 0. The van der Waals surface area contributed by atoms with E-state index >= 15 is 0 Å². The third kappa shape index (κ3) is 1.52. The molecule has 2 aromatic heterocycles. The summed E-state index contributed by atoms with van der Waals surface area (Å²) in [6, 6.07) is 8.79. The Morgan fingerprint density at radius 1 is 1.00 bits per heavy atom. The Kier molecular flexibility index (Phi) is 2.23. The summed E-state index contributed by atoms with van der Waals surface area (Å²) in [7, 11) is 0. The van der Waals surface area contributed by atoms with Crippen LogP contribution in [0.4, 0.5) is 0 Å². The van der Waals surface area contributed by atoms with Crippen LogP contribution in [0.5, 0.6) is 0 Å². The van der Waals surface area contributed by atoms with Gasteiger partial charge in [0.2, 0.25) is 0 Å². The Hall–Kier alpha value is -0.940. The average molecular weight is 262 g/mol. The molecule has 2 nitrogen and oxygen atoms in total. The van der Waals surface area contributed by atoms with Crippen LogP contribution < -0.4 is 0 Å². The van der Waals surface area contributed by atoms with Crippen molar-refractivity contribution in [2.24, 2.45) is 0 Å². The van der Waals surface area contributed by atoms with Gasteiger partial charge in [0.05, 0.1) is 18.1 Å². The van der Waals surface area contributed by atoms with Gasteiger partial charge >= 0.3 is 0 Å². The van der Waals surface area contributed by atoms with Crippen LogP contribution in [0.1, 0.15) is 11.2 Å². The van der Waals surface area contributed by atoms with E-state index in [1.54, 1.807) is 22.7 Å². The lowest BCUT2D eigenvalue weighted by Crippen LogP contribution is -1.93. The van der Waals surface area contributed by atoms with Gasteiger partial charge in [-0.2, -0.15) is 0 Å². The number of hydrogen-bond donors (Lipinski definition) is 0. The van der Waals surface area contributed by atoms with Crippen LogP contribution in [0.2, 0.25) is 0 Å². The molecule has 1 aliphatic rings. The van der Waals surface area contributed by atoms with E-state index in [9.17, 15) is 0 Å². The predicted octanol–water partition coefficient (Wildman–Crippen LogP) is 4.16. The van der Waals surface area contributed by atoms with E-state index in [1.165, 1.54) is 25.0 Å². The van der Waals surface area contributed by atoms with Gasteiger partial charge in [-0.3, -0.25) is 0 Å².